The van der Waals surface area contributed by atoms with Gasteiger partial charge in [0.25, 0.3) is 0 Å². The van der Waals surface area contributed by atoms with Crippen LogP contribution >= 0.6 is 0 Å². The number of nitrogens with zero attached hydrogens (tertiary/aromatic N) is 2. The molecule has 0 bridgehead atoms. The largest absolute Gasteiger partial charge is 0.497 e. The molecule has 0 saturated carbocycles. The summed E-state index contributed by atoms with van der Waals surface area (Å²) in [6, 6.07) is 6.47. The maximum Gasteiger partial charge on any atom is 0.191 e. The maximum atomic E-state index is 5.39. The van der Waals surface area contributed by atoms with Crippen molar-refractivity contribution in [3.8, 4) is 11.5 Å². The van der Waals surface area contributed by atoms with Crippen molar-refractivity contribution in [3.63, 3.8) is 0 Å². The summed E-state index contributed by atoms with van der Waals surface area (Å²) in [6.07, 6.45) is 1.10. The smallest absolute Gasteiger partial charge is 0.191 e. The number of benzene rings is 1. The van der Waals surface area contributed by atoms with Crippen molar-refractivity contribution >= 4 is 5.96 Å². The minimum atomic E-state index is 0.190. The number of guanidine groups is 1. The standard InChI is InChI=1S/C21H34N4O3/c1-5-22-20(23-13-21(2)14-28-15-21)24-17-6-7-25(12-17)11-16-8-18(26-3)10-19(9-16)27-4/h8-10,17H,5-7,11-15H2,1-4H3,(H2,22,23,24). The van der Waals surface area contributed by atoms with E-state index >= 15 is 0 Å². The Labute approximate surface area is 168 Å². The molecule has 0 spiro atoms. The first-order valence-electron chi connectivity index (χ1n) is 10.1. The van der Waals surface area contributed by atoms with Gasteiger partial charge >= 0.3 is 0 Å². The van der Waals surface area contributed by atoms with E-state index in [2.05, 4.69) is 41.5 Å². The van der Waals surface area contributed by atoms with Crippen LogP contribution in [0.5, 0.6) is 11.5 Å². The van der Waals surface area contributed by atoms with E-state index in [9.17, 15) is 0 Å². The molecule has 1 aromatic rings. The molecule has 0 amide bonds. The summed E-state index contributed by atoms with van der Waals surface area (Å²) in [7, 11) is 3.37. The first-order valence-corrected chi connectivity index (χ1v) is 10.1. The highest BCUT2D eigenvalue weighted by Crippen LogP contribution is 2.27. The van der Waals surface area contributed by atoms with Crippen LogP contribution in [0.3, 0.4) is 0 Å². The van der Waals surface area contributed by atoms with Crippen molar-refractivity contribution in [2.24, 2.45) is 10.4 Å². The Bertz CT molecular complexity index is 653. The number of nitrogens with one attached hydrogen (secondary N) is 2. The fraction of sp³-hybridized carbons (Fsp3) is 0.667. The molecule has 0 radical (unpaired) electrons. The van der Waals surface area contributed by atoms with Crippen LogP contribution in [0.25, 0.3) is 0 Å². The molecule has 0 aliphatic carbocycles. The molecular weight excluding hydrogens is 356 g/mol. The van der Waals surface area contributed by atoms with E-state index in [4.69, 9.17) is 19.2 Å². The first kappa shape index (κ1) is 20.7. The molecule has 3 rings (SSSR count). The van der Waals surface area contributed by atoms with Crippen molar-refractivity contribution in [2.45, 2.75) is 32.9 Å². The molecule has 0 aromatic heterocycles. The number of rotatable bonds is 8. The molecule has 1 atom stereocenters. The topological polar surface area (TPSA) is 67.4 Å². The van der Waals surface area contributed by atoms with Gasteiger partial charge in [-0.15, -0.1) is 0 Å². The average molecular weight is 391 g/mol. The Balaban J connectivity index is 1.54. The normalized spacial score (nSPS) is 21.9. The summed E-state index contributed by atoms with van der Waals surface area (Å²) in [6.45, 7) is 10.5. The van der Waals surface area contributed by atoms with E-state index in [1.54, 1.807) is 14.2 Å². The van der Waals surface area contributed by atoms with Gasteiger partial charge in [0, 0.05) is 43.7 Å². The molecule has 156 valence electrons. The van der Waals surface area contributed by atoms with E-state index in [1.165, 1.54) is 5.56 Å². The van der Waals surface area contributed by atoms with Gasteiger partial charge in [-0.25, -0.2) is 0 Å². The summed E-state index contributed by atoms with van der Waals surface area (Å²) in [5.74, 6) is 2.57. The van der Waals surface area contributed by atoms with Crippen molar-refractivity contribution in [2.75, 3.05) is 53.6 Å². The lowest BCUT2D eigenvalue weighted by Gasteiger charge is -2.36. The van der Waals surface area contributed by atoms with Crippen molar-refractivity contribution in [3.05, 3.63) is 23.8 Å². The van der Waals surface area contributed by atoms with Crippen LogP contribution in [0.2, 0.25) is 0 Å². The summed E-state index contributed by atoms with van der Waals surface area (Å²) in [4.78, 5) is 7.24. The molecule has 28 heavy (non-hydrogen) atoms. The third kappa shape index (κ3) is 5.52. The second-order valence-corrected chi connectivity index (χ2v) is 8.08. The molecule has 1 unspecified atom stereocenters. The second-order valence-electron chi connectivity index (χ2n) is 8.08. The molecule has 2 saturated heterocycles. The van der Waals surface area contributed by atoms with E-state index < -0.39 is 0 Å². The van der Waals surface area contributed by atoms with E-state index in [0.717, 1.165) is 69.8 Å². The van der Waals surface area contributed by atoms with Crippen LogP contribution in [0.1, 0.15) is 25.8 Å². The van der Waals surface area contributed by atoms with Crippen LogP contribution in [0, 0.1) is 5.41 Å². The molecule has 2 aliphatic rings. The highest BCUT2D eigenvalue weighted by molar-refractivity contribution is 5.80. The number of ether oxygens (including phenoxy) is 3. The van der Waals surface area contributed by atoms with Gasteiger partial charge in [-0.1, -0.05) is 6.92 Å². The molecule has 7 nitrogen and oxygen atoms in total. The van der Waals surface area contributed by atoms with Gasteiger partial charge in [-0.3, -0.25) is 9.89 Å². The summed E-state index contributed by atoms with van der Waals surface area (Å²) in [5, 5.41) is 6.98. The molecule has 2 fully saturated rings. The molecule has 1 aromatic carbocycles. The maximum absolute atomic E-state index is 5.39. The molecule has 2 heterocycles. The molecule has 2 aliphatic heterocycles. The zero-order valence-electron chi connectivity index (χ0n) is 17.6. The highest BCUT2D eigenvalue weighted by atomic mass is 16.5. The number of aliphatic imine (C=N–C) groups is 1. The SMILES string of the molecule is CCNC(=NCC1(C)COC1)NC1CCN(Cc2cc(OC)cc(OC)c2)C1. The van der Waals surface area contributed by atoms with Crippen LogP contribution in [-0.2, 0) is 11.3 Å². The quantitative estimate of drug-likeness (QED) is 0.522. The monoisotopic (exact) mass is 390 g/mol. The third-order valence-electron chi connectivity index (χ3n) is 5.29. The van der Waals surface area contributed by atoms with Crippen molar-refractivity contribution < 1.29 is 14.2 Å². The van der Waals surface area contributed by atoms with Crippen LogP contribution in [-0.4, -0.2) is 70.5 Å². The Hall–Kier alpha value is -1.99. The Morgan fingerprint density at radius 3 is 2.54 bits per heavy atom. The summed E-state index contributed by atoms with van der Waals surface area (Å²) in [5.41, 5.74) is 1.39. The zero-order chi connectivity index (χ0) is 20.0. The van der Waals surface area contributed by atoms with Gasteiger partial charge in [0.2, 0.25) is 0 Å². The number of hydrogen-bond donors (Lipinski definition) is 2. The average Bonchev–Trinajstić information content (AvgIpc) is 3.11. The zero-order valence-corrected chi connectivity index (χ0v) is 17.6. The fourth-order valence-corrected chi connectivity index (χ4v) is 3.64. The first-order chi connectivity index (χ1) is 13.5. The predicted octanol–water partition coefficient (Wildman–Crippen LogP) is 1.87. The van der Waals surface area contributed by atoms with E-state index in [0.29, 0.717) is 6.04 Å². The second kappa shape index (κ2) is 9.47. The Morgan fingerprint density at radius 2 is 1.96 bits per heavy atom. The number of hydrogen-bond acceptors (Lipinski definition) is 5. The van der Waals surface area contributed by atoms with Gasteiger partial charge in [0.15, 0.2) is 5.96 Å². The van der Waals surface area contributed by atoms with Gasteiger partial charge in [0.05, 0.1) is 34.0 Å². The number of likely N-dealkylation sites (tertiary alicyclic amines) is 1. The summed E-state index contributed by atoms with van der Waals surface area (Å²) >= 11 is 0. The molecule has 2 N–H and O–H groups in total. The van der Waals surface area contributed by atoms with Crippen LogP contribution < -0.4 is 20.1 Å². The Kier molecular flexibility index (Phi) is 7.02. The lowest BCUT2D eigenvalue weighted by atomic mass is 9.89. The predicted molar refractivity (Wildman–Crippen MR) is 111 cm³/mol. The van der Waals surface area contributed by atoms with Crippen molar-refractivity contribution in [1.29, 1.82) is 0 Å². The lowest BCUT2D eigenvalue weighted by molar-refractivity contribution is -0.0945. The minimum absolute atomic E-state index is 0.190. The Morgan fingerprint density at radius 1 is 1.25 bits per heavy atom. The lowest BCUT2D eigenvalue weighted by Crippen LogP contribution is -2.47. The van der Waals surface area contributed by atoms with Gasteiger partial charge in [-0.05, 0) is 31.0 Å². The number of methoxy groups -OCH3 is 2. The van der Waals surface area contributed by atoms with Gasteiger partial charge in [-0.2, -0.15) is 0 Å². The van der Waals surface area contributed by atoms with Gasteiger partial charge in [0.1, 0.15) is 11.5 Å². The minimum Gasteiger partial charge on any atom is -0.497 e. The highest BCUT2D eigenvalue weighted by Gasteiger charge is 2.33. The summed E-state index contributed by atoms with van der Waals surface area (Å²) < 4.78 is 16.1. The third-order valence-corrected chi connectivity index (χ3v) is 5.29. The van der Waals surface area contributed by atoms with Crippen LogP contribution in [0.15, 0.2) is 23.2 Å². The fourth-order valence-electron chi connectivity index (χ4n) is 3.64. The molecular formula is C21H34N4O3. The van der Waals surface area contributed by atoms with E-state index in [-0.39, 0.29) is 5.41 Å². The molecule has 7 heteroatoms. The van der Waals surface area contributed by atoms with Crippen molar-refractivity contribution in [1.82, 2.24) is 15.5 Å². The van der Waals surface area contributed by atoms with Crippen LogP contribution in [0.4, 0.5) is 0 Å². The van der Waals surface area contributed by atoms with Gasteiger partial charge < -0.3 is 24.8 Å². The van der Waals surface area contributed by atoms with E-state index in [1.807, 2.05) is 6.07 Å².